The highest BCUT2D eigenvalue weighted by molar-refractivity contribution is 5.32. The summed E-state index contributed by atoms with van der Waals surface area (Å²) in [4.78, 5) is 0. The molecule has 2 aromatic rings. The zero-order valence-corrected chi connectivity index (χ0v) is 13.9. The number of hydrogen-bond acceptors (Lipinski definition) is 1. The third-order valence-electron chi connectivity index (χ3n) is 4.27. The average molecular weight is 281 g/mol. The van der Waals surface area contributed by atoms with Crippen LogP contribution < -0.4 is 5.32 Å². The average Bonchev–Trinajstić information content (AvgIpc) is 2.48. The second kappa shape index (κ2) is 6.44. The van der Waals surface area contributed by atoms with Gasteiger partial charge in [-0.15, -0.1) is 0 Å². The van der Waals surface area contributed by atoms with Gasteiger partial charge in [-0.05, 0) is 29.2 Å². The first kappa shape index (κ1) is 15.8. The zero-order valence-electron chi connectivity index (χ0n) is 13.9. The summed E-state index contributed by atoms with van der Waals surface area (Å²) in [6.45, 7) is 9.05. The van der Waals surface area contributed by atoms with Crippen LogP contribution in [0, 0.1) is 0 Å². The molecule has 1 N–H and O–H groups in total. The Hall–Kier alpha value is -1.60. The van der Waals surface area contributed by atoms with Crippen molar-refractivity contribution in [2.24, 2.45) is 0 Å². The number of nitrogens with one attached hydrogen (secondary N) is 1. The van der Waals surface area contributed by atoms with Gasteiger partial charge < -0.3 is 5.32 Å². The van der Waals surface area contributed by atoms with Gasteiger partial charge in [-0.3, -0.25) is 0 Å². The van der Waals surface area contributed by atoms with Crippen LogP contribution in [0.1, 0.15) is 56.3 Å². The largest absolute Gasteiger partial charge is 0.312 e. The highest BCUT2D eigenvalue weighted by Gasteiger charge is 2.20. The van der Waals surface area contributed by atoms with Gasteiger partial charge in [0, 0.05) is 12.0 Å². The molecule has 2 atom stereocenters. The fourth-order valence-electron chi connectivity index (χ4n) is 2.84. The van der Waals surface area contributed by atoms with Gasteiger partial charge in [-0.25, -0.2) is 0 Å². The second-order valence-electron chi connectivity index (χ2n) is 6.84. The fraction of sp³-hybridized carbons (Fsp3) is 0.400. The first-order valence-corrected chi connectivity index (χ1v) is 7.76. The maximum absolute atomic E-state index is 3.47. The first-order chi connectivity index (χ1) is 9.93. The van der Waals surface area contributed by atoms with Crippen molar-refractivity contribution < 1.29 is 0 Å². The van der Waals surface area contributed by atoms with Gasteiger partial charge in [0.15, 0.2) is 0 Å². The van der Waals surface area contributed by atoms with Crippen LogP contribution in [0.5, 0.6) is 0 Å². The molecule has 0 amide bonds. The number of rotatable bonds is 4. The molecule has 0 saturated heterocycles. The molecule has 2 rings (SSSR count). The number of benzene rings is 2. The Morgan fingerprint density at radius 3 is 1.86 bits per heavy atom. The van der Waals surface area contributed by atoms with Crippen LogP contribution in [0.4, 0.5) is 0 Å². The number of hydrogen-bond donors (Lipinski definition) is 1. The zero-order chi connectivity index (χ0) is 15.5. The minimum Gasteiger partial charge on any atom is -0.312 e. The van der Waals surface area contributed by atoms with E-state index in [1.807, 2.05) is 7.05 Å². The van der Waals surface area contributed by atoms with Gasteiger partial charge >= 0.3 is 0 Å². The molecular weight excluding hydrogens is 254 g/mol. The van der Waals surface area contributed by atoms with Crippen LogP contribution in [0.2, 0.25) is 0 Å². The Bertz CT molecular complexity index is 549. The van der Waals surface area contributed by atoms with Crippen LogP contribution >= 0.6 is 0 Å². The van der Waals surface area contributed by atoms with E-state index >= 15 is 0 Å². The van der Waals surface area contributed by atoms with Gasteiger partial charge in [-0.2, -0.15) is 0 Å². The summed E-state index contributed by atoms with van der Waals surface area (Å²) in [5.74, 6) is 0.441. The summed E-state index contributed by atoms with van der Waals surface area (Å²) < 4.78 is 0. The molecule has 0 saturated carbocycles. The second-order valence-corrected chi connectivity index (χ2v) is 6.84. The molecule has 112 valence electrons. The van der Waals surface area contributed by atoms with Gasteiger partial charge in [0.25, 0.3) is 0 Å². The first-order valence-electron chi connectivity index (χ1n) is 7.76. The fourth-order valence-corrected chi connectivity index (χ4v) is 2.84. The molecule has 1 nitrogen and oxygen atoms in total. The molecule has 0 spiro atoms. The predicted molar refractivity (Wildman–Crippen MR) is 91.8 cm³/mol. The Morgan fingerprint density at radius 2 is 1.38 bits per heavy atom. The van der Waals surface area contributed by atoms with Crippen molar-refractivity contribution in [3.8, 4) is 0 Å². The molecule has 2 aromatic carbocycles. The molecular formula is C20H27N. The van der Waals surface area contributed by atoms with Crippen molar-refractivity contribution in [1.29, 1.82) is 0 Å². The lowest BCUT2D eigenvalue weighted by molar-refractivity contribution is 0.507. The summed E-state index contributed by atoms with van der Waals surface area (Å²) in [6, 6.07) is 20.1. The van der Waals surface area contributed by atoms with E-state index in [9.17, 15) is 0 Å². The topological polar surface area (TPSA) is 12.0 Å². The summed E-state index contributed by atoms with van der Waals surface area (Å²) in [6.07, 6.45) is 0. The molecule has 0 aliphatic carbocycles. The van der Waals surface area contributed by atoms with Crippen molar-refractivity contribution in [2.75, 3.05) is 7.05 Å². The number of likely N-dealkylation sites (N-methyl/N-ethyl adjacent to an activating group) is 1. The monoisotopic (exact) mass is 281 g/mol. The van der Waals surface area contributed by atoms with Crippen molar-refractivity contribution in [1.82, 2.24) is 5.32 Å². The van der Waals surface area contributed by atoms with E-state index in [1.165, 1.54) is 16.7 Å². The molecule has 0 radical (unpaired) electrons. The maximum atomic E-state index is 3.47. The van der Waals surface area contributed by atoms with Gasteiger partial charge in [0.1, 0.15) is 0 Å². The van der Waals surface area contributed by atoms with E-state index in [2.05, 4.69) is 87.6 Å². The molecule has 0 bridgehead atoms. The minimum atomic E-state index is 0.207. The third kappa shape index (κ3) is 3.74. The lowest BCUT2D eigenvalue weighted by Crippen LogP contribution is -2.22. The van der Waals surface area contributed by atoms with Crippen LogP contribution in [-0.4, -0.2) is 7.05 Å². The molecule has 1 heteroatoms. The van der Waals surface area contributed by atoms with Crippen molar-refractivity contribution in [3.63, 3.8) is 0 Å². The van der Waals surface area contributed by atoms with E-state index in [0.29, 0.717) is 12.0 Å². The van der Waals surface area contributed by atoms with Crippen molar-refractivity contribution in [3.05, 3.63) is 71.3 Å². The van der Waals surface area contributed by atoms with E-state index in [4.69, 9.17) is 0 Å². The predicted octanol–water partition coefficient (Wildman–Crippen LogP) is 5.05. The van der Waals surface area contributed by atoms with E-state index in [1.54, 1.807) is 0 Å². The Balaban J connectivity index is 2.25. The summed E-state index contributed by atoms with van der Waals surface area (Å²) in [7, 11) is 2.04. The maximum Gasteiger partial charge on any atom is 0.0384 e. The van der Waals surface area contributed by atoms with Crippen molar-refractivity contribution in [2.45, 2.75) is 45.1 Å². The smallest absolute Gasteiger partial charge is 0.0384 e. The molecule has 0 aromatic heterocycles. The van der Waals surface area contributed by atoms with Crippen LogP contribution in [-0.2, 0) is 5.41 Å². The summed E-state index contributed by atoms with van der Waals surface area (Å²) in [5.41, 5.74) is 4.31. The Morgan fingerprint density at radius 1 is 0.810 bits per heavy atom. The van der Waals surface area contributed by atoms with Crippen LogP contribution in [0.3, 0.4) is 0 Å². The van der Waals surface area contributed by atoms with Gasteiger partial charge in [0.05, 0.1) is 0 Å². The molecule has 0 aliphatic rings. The molecule has 21 heavy (non-hydrogen) atoms. The van der Waals surface area contributed by atoms with Crippen molar-refractivity contribution >= 4 is 0 Å². The summed E-state index contributed by atoms with van der Waals surface area (Å²) >= 11 is 0. The van der Waals surface area contributed by atoms with Crippen LogP contribution in [0.15, 0.2) is 54.6 Å². The van der Waals surface area contributed by atoms with E-state index in [-0.39, 0.29) is 5.41 Å². The molecule has 2 unspecified atom stereocenters. The van der Waals surface area contributed by atoms with Gasteiger partial charge in [-0.1, -0.05) is 82.3 Å². The van der Waals surface area contributed by atoms with Gasteiger partial charge in [0.2, 0.25) is 0 Å². The Kier molecular flexibility index (Phi) is 4.84. The SMILES string of the molecule is CNC(c1ccc(C(C)(C)C)cc1)C(C)c1ccccc1. The lowest BCUT2D eigenvalue weighted by Gasteiger charge is -2.26. The molecule has 0 fully saturated rings. The highest BCUT2D eigenvalue weighted by atomic mass is 14.9. The van der Waals surface area contributed by atoms with E-state index < -0.39 is 0 Å². The molecule has 0 aliphatic heterocycles. The minimum absolute atomic E-state index is 0.207. The molecule has 0 heterocycles. The highest BCUT2D eigenvalue weighted by Crippen LogP contribution is 2.31. The Labute approximate surface area is 129 Å². The van der Waals surface area contributed by atoms with Crippen LogP contribution in [0.25, 0.3) is 0 Å². The van der Waals surface area contributed by atoms with E-state index in [0.717, 1.165) is 0 Å². The third-order valence-corrected chi connectivity index (χ3v) is 4.27. The summed E-state index contributed by atoms with van der Waals surface area (Å²) in [5, 5.41) is 3.47. The standard InChI is InChI=1S/C20H27N/c1-15(16-9-7-6-8-10-16)19(21-5)17-11-13-18(14-12-17)20(2,3)4/h6-15,19,21H,1-5H3. The lowest BCUT2D eigenvalue weighted by atomic mass is 9.84. The quantitative estimate of drug-likeness (QED) is 0.827. The normalized spacial score (nSPS) is 14.7.